The topological polar surface area (TPSA) is 66.5 Å². The normalized spacial score (nSPS) is 22.1. The number of rotatable bonds is 4. The smallest absolute Gasteiger partial charge is 0.223 e. The summed E-state index contributed by atoms with van der Waals surface area (Å²) in [6.07, 6.45) is 3.25. The van der Waals surface area contributed by atoms with Gasteiger partial charge < -0.3 is 4.90 Å². The predicted molar refractivity (Wildman–Crippen MR) is 66.0 cm³/mol. The van der Waals surface area contributed by atoms with Crippen LogP contribution < -0.4 is 4.72 Å². The van der Waals surface area contributed by atoms with Crippen molar-refractivity contribution in [2.75, 3.05) is 24.7 Å². The van der Waals surface area contributed by atoms with Gasteiger partial charge in [0.15, 0.2) is 0 Å². The van der Waals surface area contributed by atoms with E-state index in [1.54, 1.807) is 4.90 Å². The Balaban J connectivity index is 2.50. The highest BCUT2D eigenvalue weighted by Gasteiger charge is 2.24. The van der Waals surface area contributed by atoms with Crippen LogP contribution in [0.1, 0.15) is 19.3 Å². The predicted octanol–water partition coefficient (Wildman–Crippen LogP) is 0.312. The summed E-state index contributed by atoms with van der Waals surface area (Å²) in [6.45, 7) is 1.21. The third kappa shape index (κ3) is 4.80. The van der Waals surface area contributed by atoms with Crippen LogP contribution in [0.4, 0.5) is 0 Å². The molecule has 1 fully saturated rings. The molecule has 0 aromatic rings. The molecule has 0 bridgehead atoms. The first kappa shape index (κ1) is 13.9. The van der Waals surface area contributed by atoms with Crippen LogP contribution in [-0.2, 0) is 14.8 Å². The fourth-order valence-electron chi connectivity index (χ4n) is 1.84. The van der Waals surface area contributed by atoms with E-state index in [-0.39, 0.29) is 11.9 Å². The van der Waals surface area contributed by atoms with Crippen LogP contribution in [0.15, 0.2) is 0 Å². The van der Waals surface area contributed by atoms with Gasteiger partial charge in [0, 0.05) is 30.9 Å². The van der Waals surface area contributed by atoms with Gasteiger partial charge in [-0.15, -0.1) is 0 Å². The van der Waals surface area contributed by atoms with E-state index in [0.717, 1.165) is 25.6 Å². The molecule has 1 amide bonds. The standard InChI is InChI=1S/C9H17BrN2O3S/c1-16(14,15)11-8-3-2-6-12(7-8)9(13)4-5-10/h8,11H,2-7H2,1H3. The van der Waals surface area contributed by atoms with Crippen molar-refractivity contribution in [1.82, 2.24) is 9.62 Å². The van der Waals surface area contributed by atoms with Crippen molar-refractivity contribution < 1.29 is 13.2 Å². The second kappa shape index (κ2) is 5.97. The summed E-state index contributed by atoms with van der Waals surface area (Å²) in [5, 5.41) is 0.645. The molecular weight excluding hydrogens is 296 g/mol. The van der Waals surface area contributed by atoms with Crippen molar-refractivity contribution in [1.29, 1.82) is 0 Å². The maximum Gasteiger partial charge on any atom is 0.223 e. The van der Waals surface area contributed by atoms with Crippen LogP contribution in [0.5, 0.6) is 0 Å². The molecule has 0 spiro atoms. The molecule has 5 nitrogen and oxygen atoms in total. The Kier molecular flexibility index (Phi) is 5.20. The zero-order valence-corrected chi connectivity index (χ0v) is 11.7. The van der Waals surface area contributed by atoms with Crippen LogP contribution in [0.25, 0.3) is 0 Å². The number of amides is 1. The minimum atomic E-state index is -3.18. The Morgan fingerprint density at radius 3 is 2.81 bits per heavy atom. The highest BCUT2D eigenvalue weighted by atomic mass is 79.9. The fraction of sp³-hybridized carbons (Fsp3) is 0.889. The summed E-state index contributed by atoms with van der Waals surface area (Å²) >= 11 is 3.22. The van der Waals surface area contributed by atoms with Crippen LogP contribution >= 0.6 is 15.9 Å². The third-order valence-electron chi connectivity index (χ3n) is 2.46. The molecule has 1 N–H and O–H groups in total. The zero-order valence-electron chi connectivity index (χ0n) is 9.28. The minimum absolute atomic E-state index is 0.0804. The van der Waals surface area contributed by atoms with Crippen LogP contribution in [-0.4, -0.2) is 49.9 Å². The number of sulfonamides is 1. The van der Waals surface area contributed by atoms with Crippen molar-refractivity contribution in [3.8, 4) is 0 Å². The van der Waals surface area contributed by atoms with Gasteiger partial charge in [-0.25, -0.2) is 13.1 Å². The third-order valence-corrected chi connectivity index (χ3v) is 3.62. The van der Waals surface area contributed by atoms with Crippen molar-refractivity contribution in [3.63, 3.8) is 0 Å². The Morgan fingerprint density at radius 1 is 1.56 bits per heavy atom. The number of likely N-dealkylation sites (tertiary alicyclic amines) is 1. The number of alkyl halides is 1. The highest BCUT2D eigenvalue weighted by Crippen LogP contribution is 2.12. The molecule has 1 saturated heterocycles. The molecule has 94 valence electrons. The summed E-state index contributed by atoms with van der Waals surface area (Å²) in [5.41, 5.74) is 0. The Hall–Kier alpha value is -0.140. The molecule has 0 aromatic carbocycles. The SMILES string of the molecule is CS(=O)(=O)NC1CCCN(C(=O)CCBr)C1. The van der Waals surface area contributed by atoms with Crippen LogP contribution in [0, 0.1) is 0 Å². The van der Waals surface area contributed by atoms with E-state index < -0.39 is 10.0 Å². The molecule has 0 aromatic heterocycles. The number of carbonyl (C=O) groups is 1. The lowest BCUT2D eigenvalue weighted by Gasteiger charge is -2.32. The number of hydrogen-bond donors (Lipinski definition) is 1. The van der Waals surface area contributed by atoms with E-state index in [4.69, 9.17) is 0 Å². The number of nitrogens with zero attached hydrogens (tertiary/aromatic N) is 1. The molecule has 0 saturated carbocycles. The quantitative estimate of drug-likeness (QED) is 0.760. The molecule has 1 unspecified atom stereocenters. The van der Waals surface area contributed by atoms with Gasteiger partial charge in [-0.05, 0) is 12.8 Å². The lowest BCUT2D eigenvalue weighted by Crippen LogP contribution is -2.49. The number of hydrogen-bond acceptors (Lipinski definition) is 3. The van der Waals surface area contributed by atoms with Gasteiger partial charge in [-0.2, -0.15) is 0 Å². The van der Waals surface area contributed by atoms with Gasteiger partial charge in [0.1, 0.15) is 0 Å². The first-order valence-corrected chi connectivity index (χ1v) is 8.24. The zero-order chi connectivity index (χ0) is 12.2. The van der Waals surface area contributed by atoms with Gasteiger partial charge in [-0.1, -0.05) is 15.9 Å². The summed E-state index contributed by atoms with van der Waals surface area (Å²) in [5.74, 6) is 0.0804. The highest BCUT2D eigenvalue weighted by molar-refractivity contribution is 9.09. The lowest BCUT2D eigenvalue weighted by atomic mass is 10.1. The van der Waals surface area contributed by atoms with Gasteiger partial charge in [0.25, 0.3) is 0 Å². The molecule has 1 heterocycles. The van der Waals surface area contributed by atoms with Gasteiger partial charge >= 0.3 is 0 Å². The Bertz CT molecular complexity index is 345. The number of halogens is 1. The van der Waals surface area contributed by atoms with Gasteiger partial charge in [-0.3, -0.25) is 4.79 Å². The van der Waals surface area contributed by atoms with Crippen molar-refractivity contribution in [3.05, 3.63) is 0 Å². The van der Waals surface area contributed by atoms with Gasteiger partial charge in [0.05, 0.1) is 6.26 Å². The maximum absolute atomic E-state index is 11.6. The minimum Gasteiger partial charge on any atom is -0.341 e. The fourth-order valence-corrected chi connectivity index (χ4v) is 2.98. The monoisotopic (exact) mass is 312 g/mol. The van der Waals surface area contributed by atoms with Crippen molar-refractivity contribution in [2.24, 2.45) is 0 Å². The molecule has 1 atom stereocenters. The van der Waals surface area contributed by atoms with E-state index in [9.17, 15) is 13.2 Å². The summed E-state index contributed by atoms with van der Waals surface area (Å²) < 4.78 is 24.7. The molecule has 7 heteroatoms. The van der Waals surface area contributed by atoms with E-state index in [0.29, 0.717) is 18.3 Å². The number of carbonyl (C=O) groups excluding carboxylic acids is 1. The Labute approximate surface area is 105 Å². The molecule has 0 radical (unpaired) electrons. The van der Waals surface area contributed by atoms with Crippen molar-refractivity contribution >= 4 is 31.9 Å². The first-order chi connectivity index (χ1) is 7.42. The number of piperidine rings is 1. The first-order valence-electron chi connectivity index (χ1n) is 5.23. The summed E-state index contributed by atoms with van der Waals surface area (Å²) in [7, 11) is -3.18. The molecule has 1 aliphatic rings. The van der Waals surface area contributed by atoms with Crippen molar-refractivity contribution in [2.45, 2.75) is 25.3 Å². The number of nitrogens with one attached hydrogen (secondary N) is 1. The Morgan fingerprint density at radius 2 is 2.25 bits per heavy atom. The van der Waals surface area contributed by atoms with E-state index >= 15 is 0 Å². The second-order valence-electron chi connectivity index (χ2n) is 4.01. The van der Waals surface area contributed by atoms with Gasteiger partial charge in [0.2, 0.25) is 15.9 Å². The molecule has 16 heavy (non-hydrogen) atoms. The average molecular weight is 313 g/mol. The van der Waals surface area contributed by atoms with Crippen LogP contribution in [0.2, 0.25) is 0 Å². The average Bonchev–Trinajstić information content (AvgIpc) is 2.16. The second-order valence-corrected chi connectivity index (χ2v) is 6.58. The van der Waals surface area contributed by atoms with E-state index in [2.05, 4.69) is 20.7 Å². The van der Waals surface area contributed by atoms with E-state index in [1.807, 2.05) is 0 Å². The molecule has 1 rings (SSSR count). The summed E-state index contributed by atoms with van der Waals surface area (Å²) in [6, 6.07) is -0.136. The molecule has 1 aliphatic heterocycles. The largest absolute Gasteiger partial charge is 0.341 e. The summed E-state index contributed by atoms with van der Waals surface area (Å²) in [4.78, 5) is 13.4. The molecular formula is C9H17BrN2O3S. The lowest BCUT2D eigenvalue weighted by molar-refractivity contribution is -0.131. The van der Waals surface area contributed by atoms with Crippen LogP contribution in [0.3, 0.4) is 0 Å². The van der Waals surface area contributed by atoms with E-state index in [1.165, 1.54) is 0 Å². The molecule has 0 aliphatic carbocycles. The maximum atomic E-state index is 11.6.